The molecule has 1 N–H and O–H groups in total. The molecule has 0 unspecified atom stereocenters. The van der Waals surface area contributed by atoms with Crippen LogP contribution in [0.5, 0.6) is 0 Å². The first kappa shape index (κ1) is 12.4. The second-order valence-corrected chi connectivity index (χ2v) is 4.88. The van der Waals surface area contributed by atoms with Gasteiger partial charge in [0, 0.05) is 19.7 Å². The molecule has 100 valence electrons. The quantitative estimate of drug-likeness (QED) is 0.775. The number of anilines is 1. The molecule has 4 nitrogen and oxygen atoms in total. The highest BCUT2D eigenvalue weighted by molar-refractivity contribution is 5.99. The standard InChI is InChI=1S/C16H15N3O/c1-19(2)15-14(10-17-18-16(15)20)13-9-5-7-11-6-3-4-8-12(11)13/h3-10H,1-2H3,(H,18,20). The number of H-pyrrole nitrogens is 1. The van der Waals surface area contributed by atoms with Gasteiger partial charge >= 0.3 is 0 Å². The molecule has 0 spiro atoms. The van der Waals surface area contributed by atoms with Gasteiger partial charge in [0.1, 0.15) is 5.69 Å². The van der Waals surface area contributed by atoms with Crippen molar-refractivity contribution >= 4 is 16.5 Å². The van der Waals surface area contributed by atoms with E-state index >= 15 is 0 Å². The van der Waals surface area contributed by atoms with Gasteiger partial charge < -0.3 is 4.90 Å². The third-order valence-corrected chi connectivity index (χ3v) is 3.36. The monoisotopic (exact) mass is 265 g/mol. The minimum atomic E-state index is -0.180. The fraction of sp³-hybridized carbons (Fsp3) is 0.125. The second-order valence-electron chi connectivity index (χ2n) is 4.88. The summed E-state index contributed by atoms with van der Waals surface area (Å²) in [5, 5.41) is 8.70. The Morgan fingerprint density at radius 1 is 1.00 bits per heavy atom. The molecule has 1 heterocycles. The Balaban J connectivity index is 2.38. The van der Waals surface area contributed by atoms with Crippen molar-refractivity contribution in [2.45, 2.75) is 0 Å². The van der Waals surface area contributed by atoms with Crippen LogP contribution in [-0.4, -0.2) is 24.3 Å². The molecule has 0 bridgehead atoms. The molecule has 3 aromatic rings. The van der Waals surface area contributed by atoms with Crippen molar-refractivity contribution in [3.05, 3.63) is 59.0 Å². The summed E-state index contributed by atoms with van der Waals surface area (Å²) >= 11 is 0. The van der Waals surface area contributed by atoms with Crippen LogP contribution in [-0.2, 0) is 0 Å². The maximum atomic E-state index is 12.0. The number of aromatic amines is 1. The zero-order valence-electron chi connectivity index (χ0n) is 11.4. The largest absolute Gasteiger partial charge is 0.373 e. The van der Waals surface area contributed by atoms with Crippen LogP contribution in [0.2, 0.25) is 0 Å². The maximum Gasteiger partial charge on any atom is 0.288 e. The Hall–Kier alpha value is -2.62. The molecule has 0 radical (unpaired) electrons. The Morgan fingerprint density at radius 2 is 1.75 bits per heavy atom. The summed E-state index contributed by atoms with van der Waals surface area (Å²) < 4.78 is 0. The van der Waals surface area contributed by atoms with Gasteiger partial charge in [-0.2, -0.15) is 5.10 Å². The van der Waals surface area contributed by atoms with Crippen molar-refractivity contribution in [1.82, 2.24) is 10.2 Å². The fourth-order valence-corrected chi connectivity index (χ4v) is 2.49. The minimum absolute atomic E-state index is 0.180. The van der Waals surface area contributed by atoms with Gasteiger partial charge in [-0.3, -0.25) is 4.79 Å². The smallest absolute Gasteiger partial charge is 0.288 e. The van der Waals surface area contributed by atoms with Crippen molar-refractivity contribution in [2.24, 2.45) is 0 Å². The number of hydrogen-bond acceptors (Lipinski definition) is 3. The molecule has 1 aromatic heterocycles. The molecular formula is C16H15N3O. The first-order valence-corrected chi connectivity index (χ1v) is 6.41. The van der Waals surface area contributed by atoms with Crippen molar-refractivity contribution < 1.29 is 0 Å². The van der Waals surface area contributed by atoms with Crippen LogP contribution in [0.25, 0.3) is 21.9 Å². The third kappa shape index (κ3) is 1.95. The molecule has 0 aliphatic heterocycles. The average Bonchev–Trinajstić information content (AvgIpc) is 2.46. The lowest BCUT2D eigenvalue weighted by Gasteiger charge is -2.16. The van der Waals surface area contributed by atoms with Crippen LogP contribution in [0, 0.1) is 0 Å². The SMILES string of the molecule is CN(C)c1c(-c2cccc3ccccc23)cn[nH]c1=O. The van der Waals surface area contributed by atoms with Crippen LogP contribution >= 0.6 is 0 Å². The Morgan fingerprint density at radius 3 is 2.55 bits per heavy atom. The summed E-state index contributed by atoms with van der Waals surface area (Å²) in [5.74, 6) is 0. The van der Waals surface area contributed by atoms with Crippen LogP contribution in [0.3, 0.4) is 0 Å². The average molecular weight is 265 g/mol. The zero-order valence-corrected chi connectivity index (χ0v) is 11.4. The third-order valence-electron chi connectivity index (χ3n) is 3.36. The zero-order chi connectivity index (χ0) is 14.1. The van der Waals surface area contributed by atoms with Gasteiger partial charge in [-0.15, -0.1) is 0 Å². The van der Waals surface area contributed by atoms with Gasteiger partial charge in [0.15, 0.2) is 0 Å². The van der Waals surface area contributed by atoms with E-state index in [1.807, 2.05) is 43.3 Å². The van der Waals surface area contributed by atoms with Crippen molar-refractivity contribution in [3.63, 3.8) is 0 Å². The Labute approximate surface area is 116 Å². The lowest BCUT2D eigenvalue weighted by Crippen LogP contribution is -2.22. The second kappa shape index (κ2) is 4.81. The minimum Gasteiger partial charge on any atom is -0.373 e. The van der Waals surface area contributed by atoms with Crippen LogP contribution < -0.4 is 10.5 Å². The van der Waals surface area contributed by atoms with Gasteiger partial charge in [-0.25, -0.2) is 5.10 Å². The molecular weight excluding hydrogens is 250 g/mol. The molecule has 4 heteroatoms. The number of fused-ring (bicyclic) bond motifs is 1. The normalized spacial score (nSPS) is 10.7. The van der Waals surface area contributed by atoms with E-state index in [0.29, 0.717) is 5.69 Å². The van der Waals surface area contributed by atoms with Gasteiger partial charge in [-0.1, -0.05) is 42.5 Å². The molecule has 20 heavy (non-hydrogen) atoms. The Bertz CT molecular complexity index is 816. The molecule has 0 aliphatic rings. The summed E-state index contributed by atoms with van der Waals surface area (Å²) in [5.41, 5.74) is 2.30. The molecule has 3 rings (SSSR count). The maximum absolute atomic E-state index is 12.0. The number of rotatable bonds is 2. The number of aromatic nitrogens is 2. The highest BCUT2D eigenvalue weighted by atomic mass is 16.1. The van der Waals surface area contributed by atoms with Crippen LogP contribution in [0.4, 0.5) is 5.69 Å². The summed E-state index contributed by atoms with van der Waals surface area (Å²) in [6.45, 7) is 0. The van der Waals surface area contributed by atoms with E-state index in [0.717, 1.165) is 21.9 Å². The van der Waals surface area contributed by atoms with E-state index in [9.17, 15) is 4.79 Å². The van der Waals surface area contributed by atoms with Crippen molar-refractivity contribution in [2.75, 3.05) is 19.0 Å². The summed E-state index contributed by atoms with van der Waals surface area (Å²) in [6, 6.07) is 14.2. The highest BCUT2D eigenvalue weighted by Crippen LogP contribution is 2.32. The van der Waals surface area contributed by atoms with E-state index in [2.05, 4.69) is 28.4 Å². The topological polar surface area (TPSA) is 49.0 Å². The lowest BCUT2D eigenvalue weighted by atomic mass is 9.98. The number of hydrogen-bond donors (Lipinski definition) is 1. The summed E-state index contributed by atoms with van der Waals surface area (Å²) in [7, 11) is 3.72. The Kier molecular flexibility index (Phi) is 2.99. The van der Waals surface area contributed by atoms with Gasteiger partial charge in [0.2, 0.25) is 0 Å². The predicted molar refractivity (Wildman–Crippen MR) is 82.1 cm³/mol. The molecule has 0 saturated heterocycles. The van der Waals surface area contributed by atoms with Gasteiger partial charge in [0.25, 0.3) is 5.56 Å². The number of nitrogens with one attached hydrogen (secondary N) is 1. The van der Waals surface area contributed by atoms with E-state index in [1.165, 1.54) is 0 Å². The van der Waals surface area contributed by atoms with E-state index < -0.39 is 0 Å². The van der Waals surface area contributed by atoms with Crippen molar-refractivity contribution in [1.29, 1.82) is 0 Å². The van der Waals surface area contributed by atoms with E-state index in [1.54, 1.807) is 6.20 Å². The molecule has 0 fully saturated rings. The molecule has 0 amide bonds. The van der Waals surface area contributed by atoms with Gasteiger partial charge in [-0.05, 0) is 16.3 Å². The van der Waals surface area contributed by atoms with E-state index in [-0.39, 0.29) is 5.56 Å². The first-order chi connectivity index (χ1) is 9.68. The van der Waals surface area contributed by atoms with Gasteiger partial charge in [0.05, 0.1) is 6.20 Å². The highest BCUT2D eigenvalue weighted by Gasteiger charge is 2.13. The number of nitrogens with zero attached hydrogens (tertiary/aromatic N) is 2. The number of benzene rings is 2. The molecule has 2 aromatic carbocycles. The van der Waals surface area contributed by atoms with Crippen LogP contribution in [0.15, 0.2) is 53.5 Å². The molecule has 0 aliphatic carbocycles. The fourth-order valence-electron chi connectivity index (χ4n) is 2.49. The van der Waals surface area contributed by atoms with E-state index in [4.69, 9.17) is 0 Å². The molecule has 0 atom stereocenters. The van der Waals surface area contributed by atoms with Crippen molar-refractivity contribution in [3.8, 4) is 11.1 Å². The summed E-state index contributed by atoms with van der Waals surface area (Å²) in [6.07, 6.45) is 1.71. The van der Waals surface area contributed by atoms with Crippen LogP contribution in [0.1, 0.15) is 0 Å². The lowest BCUT2D eigenvalue weighted by molar-refractivity contribution is 0.965. The predicted octanol–water partition coefficient (Wildman–Crippen LogP) is 2.66. The first-order valence-electron chi connectivity index (χ1n) is 6.41. The molecule has 0 saturated carbocycles. The summed E-state index contributed by atoms with van der Waals surface area (Å²) in [4.78, 5) is 13.8.